The molecule has 0 radical (unpaired) electrons. The van der Waals surface area contributed by atoms with Crippen LogP contribution < -0.4 is 10.6 Å². The van der Waals surface area contributed by atoms with Crippen LogP contribution >= 0.6 is 0 Å². The normalized spacial score (nSPS) is 10.8. The lowest BCUT2D eigenvalue weighted by molar-refractivity contribution is 0.0992. The number of aromatic nitrogens is 4. The molecule has 0 atom stereocenters. The van der Waals surface area contributed by atoms with Crippen LogP contribution in [0.1, 0.15) is 38.2 Å². The van der Waals surface area contributed by atoms with Crippen LogP contribution in [-0.4, -0.2) is 31.4 Å². The maximum atomic E-state index is 12.6. The minimum absolute atomic E-state index is 0.194. The van der Waals surface area contributed by atoms with Gasteiger partial charge in [0, 0.05) is 30.3 Å². The molecule has 9 heteroatoms. The first-order valence-corrected chi connectivity index (χ1v) is 9.69. The number of hydrogen-bond acceptors (Lipinski definition) is 5. The second-order valence-corrected chi connectivity index (χ2v) is 7.21. The van der Waals surface area contributed by atoms with Gasteiger partial charge in [-0.05, 0) is 56.3 Å². The Morgan fingerprint density at radius 1 is 0.968 bits per heavy atom. The van der Waals surface area contributed by atoms with E-state index in [1.54, 1.807) is 60.4 Å². The highest BCUT2D eigenvalue weighted by atomic mass is 16.4. The number of aryl methyl sites for hydroxylation is 3. The molecule has 4 aromatic rings. The van der Waals surface area contributed by atoms with Crippen LogP contribution in [-0.2, 0) is 13.6 Å². The molecule has 158 valence electrons. The number of benzene rings is 1. The predicted octanol–water partition coefficient (Wildman–Crippen LogP) is 3.38. The molecule has 0 aliphatic heterocycles. The lowest BCUT2D eigenvalue weighted by Crippen LogP contribution is -2.14. The van der Waals surface area contributed by atoms with Crippen molar-refractivity contribution in [2.45, 2.75) is 20.4 Å². The number of anilines is 2. The molecule has 0 fully saturated rings. The monoisotopic (exact) mass is 418 g/mol. The lowest BCUT2D eigenvalue weighted by atomic mass is 10.2. The standard InChI is InChI=1S/C22H22N6O3/c1-14-11-15(2)28(25-14)13-18-7-8-20(31-18)22(30)24-17-6-4-5-16(12-17)23-21(29)19-9-10-27(3)26-19/h4-12H,13H2,1-3H3,(H,23,29)(H,24,30). The summed E-state index contributed by atoms with van der Waals surface area (Å²) in [5.74, 6) is 0.115. The van der Waals surface area contributed by atoms with Gasteiger partial charge in [0.05, 0.1) is 12.2 Å². The average Bonchev–Trinajstić information content (AvgIpc) is 3.43. The van der Waals surface area contributed by atoms with Gasteiger partial charge in [0.1, 0.15) is 5.76 Å². The van der Waals surface area contributed by atoms with Gasteiger partial charge >= 0.3 is 0 Å². The van der Waals surface area contributed by atoms with Crippen molar-refractivity contribution in [3.63, 3.8) is 0 Å². The number of nitrogens with zero attached hydrogens (tertiary/aromatic N) is 4. The van der Waals surface area contributed by atoms with E-state index in [-0.39, 0.29) is 17.6 Å². The van der Waals surface area contributed by atoms with E-state index in [0.717, 1.165) is 11.4 Å². The number of rotatable bonds is 6. The van der Waals surface area contributed by atoms with Gasteiger partial charge < -0.3 is 15.1 Å². The van der Waals surface area contributed by atoms with Crippen molar-refractivity contribution in [2.24, 2.45) is 7.05 Å². The number of furan rings is 1. The zero-order valence-corrected chi connectivity index (χ0v) is 17.4. The molecule has 1 aromatic carbocycles. The van der Waals surface area contributed by atoms with Crippen molar-refractivity contribution < 1.29 is 14.0 Å². The second-order valence-electron chi connectivity index (χ2n) is 7.21. The molecule has 9 nitrogen and oxygen atoms in total. The number of amides is 2. The molecular formula is C22H22N6O3. The van der Waals surface area contributed by atoms with Gasteiger partial charge in [-0.2, -0.15) is 10.2 Å². The van der Waals surface area contributed by atoms with Gasteiger partial charge in [0.15, 0.2) is 11.5 Å². The van der Waals surface area contributed by atoms with Crippen LogP contribution in [0, 0.1) is 13.8 Å². The lowest BCUT2D eigenvalue weighted by Gasteiger charge is -2.07. The van der Waals surface area contributed by atoms with Crippen LogP contribution in [0.3, 0.4) is 0 Å². The summed E-state index contributed by atoms with van der Waals surface area (Å²) < 4.78 is 9.06. The van der Waals surface area contributed by atoms with Crippen molar-refractivity contribution in [3.05, 3.63) is 83.3 Å². The van der Waals surface area contributed by atoms with Gasteiger partial charge in [-0.15, -0.1) is 0 Å². The Labute approximate surface area is 178 Å². The summed E-state index contributed by atoms with van der Waals surface area (Å²) in [5.41, 5.74) is 3.32. The smallest absolute Gasteiger partial charge is 0.291 e. The summed E-state index contributed by atoms with van der Waals surface area (Å²) in [4.78, 5) is 24.8. The summed E-state index contributed by atoms with van der Waals surface area (Å²) >= 11 is 0. The van der Waals surface area contributed by atoms with E-state index in [9.17, 15) is 9.59 Å². The summed E-state index contributed by atoms with van der Waals surface area (Å²) in [5, 5.41) is 14.0. The second kappa shape index (κ2) is 8.31. The van der Waals surface area contributed by atoms with E-state index < -0.39 is 0 Å². The molecule has 4 rings (SSSR count). The fourth-order valence-electron chi connectivity index (χ4n) is 3.17. The molecule has 0 unspecified atom stereocenters. The minimum atomic E-state index is -0.382. The Bertz CT molecular complexity index is 1250. The number of hydrogen-bond donors (Lipinski definition) is 2. The molecule has 2 amide bonds. The van der Waals surface area contributed by atoms with Gasteiger partial charge in [0.2, 0.25) is 0 Å². The molecule has 0 saturated heterocycles. The first-order valence-electron chi connectivity index (χ1n) is 9.69. The van der Waals surface area contributed by atoms with Crippen LogP contribution in [0.5, 0.6) is 0 Å². The predicted molar refractivity (Wildman–Crippen MR) is 115 cm³/mol. The summed E-state index contributed by atoms with van der Waals surface area (Å²) in [6.45, 7) is 4.34. The molecule has 0 aliphatic carbocycles. The van der Waals surface area contributed by atoms with Crippen molar-refractivity contribution >= 4 is 23.2 Å². The Kier molecular flexibility index (Phi) is 5.40. The highest BCUT2D eigenvalue weighted by molar-refractivity contribution is 6.04. The summed E-state index contributed by atoms with van der Waals surface area (Å²) in [6, 6.07) is 13.9. The van der Waals surface area contributed by atoms with Crippen LogP contribution in [0.15, 0.2) is 59.1 Å². The molecule has 0 saturated carbocycles. The van der Waals surface area contributed by atoms with Gasteiger partial charge in [-0.3, -0.25) is 19.0 Å². The maximum absolute atomic E-state index is 12.6. The number of carbonyl (C=O) groups is 2. The highest BCUT2D eigenvalue weighted by Gasteiger charge is 2.14. The Morgan fingerprint density at radius 2 is 1.71 bits per heavy atom. The minimum Gasteiger partial charge on any atom is -0.454 e. The quantitative estimate of drug-likeness (QED) is 0.499. The molecular weight excluding hydrogens is 396 g/mol. The third-order valence-corrected chi connectivity index (χ3v) is 4.62. The van der Waals surface area contributed by atoms with Crippen LogP contribution in [0.2, 0.25) is 0 Å². The van der Waals surface area contributed by atoms with Crippen LogP contribution in [0.4, 0.5) is 11.4 Å². The Balaban J connectivity index is 1.41. The van der Waals surface area contributed by atoms with Crippen LogP contribution in [0.25, 0.3) is 0 Å². The van der Waals surface area contributed by atoms with E-state index >= 15 is 0 Å². The topological polar surface area (TPSA) is 107 Å². The van der Waals surface area contributed by atoms with E-state index in [1.807, 2.05) is 24.6 Å². The first kappa shape index (κ1) is 20.1. The molecule has 3 aromatic heterocycles. The first-order chi connectivity index (χ1) is 14.9. The van der Waals surface area contributed by atoms with Crippen molar-refractivity contribution in [1.82, 2.24) is 19.6 Å². The Hall–Kier alpha value is -4.14. The molecule has 0 aliphatic rings. The van der Waals surface area contributed by atoms with Crippen molar-refractivity contribution in [1.29, 1.82) is 0 Å². The zero-order valence-electron chi connectivity index (χ0n) is 17.4. The third-order valence-electron chi connectivity index (χ3n) is 4.62. The SMILES string of the molecule is Cc1cc(C)n(Cc2ccc(C(=O)Nc3cccc(NC(=O)c4ccn(C)n4)c3)o2)n1. The maximum Gasteiger partial charge on any atom is 0.291 e. The van der Waals surface area contributed by atoms with E-state index in [1.165, 1.54) is 0 Å². The molecule has 2 N–H and O–H groups in total. The third kappa shape index (κ3) is 4.72. The van der Waals surface area contributed by atoms with Gasteiger partial charge in [-0.25, -0.2) is 0 Å². The zero-order chi connectivity index (χ0) is 22.0. The molecule has 3 heterocycles. The largest absolute Gasteiger partial charge is 0.454 e. The highest BCUT2D eigenvalue weighted by Crippen LogP contribution is 2.18. The molecule has 31 heavy (non-hydrogen) atoms. The van der Waals surface area contributed by atoms with E-state index in [0.29, 0.717) is 29.4 Å². The van der Waals surface area contributed by atoms with Gasteiger partial charge in [0.25, 0.3) is 11.8 Å². The van der Waals surface area contributed by atoms with E-state index in [4.69, 9.17) is 4.42 Å². The molecule has 0 spiro atoms. The fourth-order valence-corrected chi connectivity index (χ4v) is 3.17. The Morgan fingerprint density at radius 3 is 2.35 bits per heavy atom. The van der Waals surface area contributed by atoms with E-state index in [2.05, 4.69) is 20.8 Å². The number of nitrogens with one attached hydrogen (secondary N) is 2. The molecule has 0 bridgehead atoms. The number of carbonyl (C=O) groups excluding carboxylic acids is 2. The summed E-state index contributed by atoms with van der Waals surface area (Å²) in [7, 11) is 1.74. The van der Waals surface area contributed by atoms with Crippen molar-refractivity contribution in [2.75, 3.05) is 10.6 Å². The summed E-state index contributed by atoms with van der Waals surface area (Å²) in [6.07, 6.45) is 1.69. The van der Waals surface area contributed by atoms with Gasteiger partial charge in [-0.1, -0.05) is 6.07 Å². The average molecular weight is 418 g/mol. The fraction of sp³-hybridized carbons (Fsp3) is 0.182. The van der Waals surface area contributed by atoms with Crippen molar-refractivity contribution in [3.8, 4) is 0 Å².